The Morgan fingerprint density at radius 3 is 2.78 bits per heavy atom. The second-order valence-electron chi connectivity index (χ2n) is 6.80. The van der Waals surface area contributed by atoms with Crippen molar-refractivity contribution in [1.82, 2.24) is 15.3 Å². The van der Waals surface area contributed by atoms with E-state index in [4.69, 9.17) is 15.2 Å². The Hall–Kier alpha value is -2.32. The predicted octanol–water partition coefficient (Wildman–Crippen LogP) is 2.26. The summed E-state index contributed by atoms with van der Waals surface area (Å²) in [6.45, 7) is 3.34. The molecule has 8 heteroatoms. The SMILES string of the molecule is NC(=O)c1cnc(OC2=C(F)C=C(CNCCC3CCOCC3)CC2)cn1. The number of carbonyl (C=O) groups excluding carboxylic acids is 1. The zero-order chi connectivity index (χ0) is 19.1. The molecule has 27 heavy (non-hydrogen) atoms. The van der Waals surface area contributed by atoms with Gasteiger partial charge in [-0.25, -0.2) is 14.4 Å². The number of rotatable bonds is 8. The molecule has 1 amide bonds. The number of hydrogen-bond acceptors (Lipinski definition) is 6. The summed E-state index contributed by atoms with van der Waals surface area (Å²) in [6.07, 6.45) is 8.56. The van der Waals surface area contributed by atoms with Crippen molar-refractivity contribution in [2.75, 3.05) is 26.3 Å². The average molecular weight is 376 g/mol. The van der Waals surface area contributed by atoms with Gasteiger partial charge < -0.3 is 20.5 Å². The zero-order valence-corrected chi connectivity index (χ0v) is 15.2. The Balaban J connectivity index is 1.46. The molecule has 0 saturated carbocycles. The molecule has 1 saturated heterocycles. The number of allylic oxidation sites excluding steroid dienone is 3. The third-order valence-corrected chi connectivity index (χ3v) is 4.80. The molecule has 0 bridgehead atoms. The van der Waals surface area contributed by atoms with Crippen molar-refractivity contribution in [3.8, 4) is 5.88 Å². The highest BCUT2D eigenvalue weighted by Crippen LogP contribution is 2.26. The van der Waals surface area contributed by atoms with Crippen LogP contribution in [0.1, 0.15) is 42.6 Å². The summed E-state index contributed by atoms with van der Waals surface area (Å²) >= 11 is 0. The maximum Gasteiger partial charge on any atom is 0.268 e. The molecular formula is C19H25FN4O3. The molecule has 0 atom stereocenters. The van der Waals surface area contributed by atoms with Gasteiger partial charge in [-0.15, -0.1) is 0 Å². The topological polar surface area (TPSA) is 99.4 Å². The molecule has 1 aliphatic carbocycles. The van der Waals surface area contributed by atoms with Gasteiger partial charge >= 0.3 is 0 Å². The second-order valence-corrected chi connectivity index (χ2v) is 6.80. The Kier molecular flexibility index (Phi) is 6.89. The molecule has 0 aromatic carbocycles. The number of halogens is 1. The fourth-order valence-corrected chi connectivity index (χ4v) is 3.18. The number of nitrogens with two attached hydrogens (primary N) is 1. The van der Waals surface area contributed by atoms with Crippen molar-refractivity contribution in [3.63, 3.8) is 0 Å². The van der Waals surface area contributed by atoms with Gasteiger partial charge in [0.1, 0.15) is 11.5 Å². The predicted molar refractivity (Wildman–Crippen MR) is 97.7 cm³/mol. The van der Waals surface area contributed by atoms with Crippen LogP contribution in [0, 0.1) is 5.92 Å². The minimum atomic E-state index is -0.672. The van der Waals surface area contributed by atoms with Crippen molar-refractivity contribution in [3.05, 3.63) is 41.3 Å². The molecule has 146 valence electrons. The van der Waals surface area contributed by atoms with Crippen molar-refractivity contribution in [2.24, 2.45) is 11.7 Å². The van der Waals surface area contributed by atoms with E-state index in [1.165, 1.54) is 18.5 Å². The number of ether oxygens (including phenoxy) is 2. The molecule has 0 radical (unpaired) electrons. The first-order valence-electron chi connectivity index (χ1n) is 9.28. The van der Waals surface area contributed by atoms with Crippen LogP contribution in [-0.4, -0.2) is 42.2 Å². The standard InChI is InChI=1S/C19H25FN4O3/c20-15-9-14(10-22-6-3-13-4-7-26-8-5-13)1-2-17(15)27-18-12-23-16(11-24-18)19(21)25/h9,11-13,22H,1-8,10H2,(H2,21,25). The van der Waals surface area contributed by atoms with Gasteiger partial charge in [-0.3, -0.25) is 4.79 Å². The minimum Gasteiger partial charge on any atom is -0.439 e. The normalized spacial score (nSPS) is 18.3. The molecule has 3 rings (SSSR count). The summed E-state index contributed by atoms with van der Waals surface area (Å²) in [5.74, 6) is 0.0150. The number of hydrogen-bond donors (Lipinski definition) is 2. The molecule has 1 aliphatic heterocycles. The van der Waals surface area contributed by atoms with Crippen LogP contribution >= 0.6 is 0 Å². The van der Waals surface area contributed by atoms with Gasteiger partial charge in [0, 0.05) is 26.2 Å². The molecule has 1 fully saturated rings. The maximum atomic E-state index is 14.3. The summed E-state index contributed by atoms with van der Waals surface area (Å²) in [7, 11) is 0. The van der Waals surface area contributed by atoms with Gasteiger partial charge in [0.2, 0.25) is 5.88 Å². The fourth-order valence-electron chi connectivity index (χ4n) is 3.18. The Bertz CT molecular complexity index is 712. The fraction of sp³-hybridized carbons (Fsp3) is 0.526. The summed E-state index contributed by atoms with van der Waals surface area (Å²) < 4.78 is 25.1. The third-order valence-electron chi connectivity index (χ3n) is 4.80. The highest BCUT2D eigenvalue weighted by molar-refractivity contribution is 5.90. The Morgan fingerprint density at radius 1 is 1.30 bits per heavy atom. The average Bonchev–Trinajstić information content (AvgIpc) is 2.68. The van der Waals surface area contributed by atoms with Crippen molar-refractivity contribution >= 4 is 5.91 Å². The first kappa shape index (κ1) is 19.4. The number of aromatic nitrogens is 2. The highest BCUT2D eigenvalue weighted by Gasteiger charge is 2.17. The van der Waals surface area contributed by atoms with Crippen LogP contribution < -0.4 is 15.8 Å². The van der Waals surface area contributed by atoms with E-state index in [1.54, 1.807) is 0 Å². The van der Waals surface area contributed by atoms with E-state index in [-0.39, 0.29) is 17.3 Å². The number of nitrogens with zero attached hydrogens (tertiary/aromatic N) is 2. The van der Waals surface area contributed by atoms with Crippen LogP contribution in [0.15, 0.2) is 35.6 Å². The number of carbonyl (C=O) groups is 1. The van der Waals surface area contributed by atoms with E-state index in [0.29, 0.717) is 13.0 Å². The lowest BCUT2D eigenvalue weighted by molar-refractivity contribution is 0.0640. The number of nitrogens with one attached hydrogen (secondary N) is 1. The lowest BCUT2D eigenvalue weighted by atomic mass is 9.96. The summed E-state index contributed by atoms with van der Waals surface area (Å²) in [4.78, 5) is 18.7. The smallest absolute Gasteiger partial charge is 0.268 e. The van der Waals surface area contributed by atoms with E-state index in [9.17, 15) is 9.18 Å². The van der Waals surface area contributed by atoms with Crippen LogP contribution in [0.3, 0.4) is 0 Å². The van der Waals surface area contributed by atoms with E-state index < -0.39 is 11.7 Å². The van der Waals surface area contributed by atoms with E-state index in [1.807, 2.05) is 0 Å². The van der Waals surface area contributed by atoms with Gasteiger partial charge in [-0.05, 0) is 44.2 Å². The van der Waals surface area contributed by atoms with Crippen molar-refractivity contribution in [1.29, 1.82) is 0 Å². The van der Waals surface area contributed by atoms with Crippen LogP contribution in [0.4, 0.5) is 4.39 Å². The van der Waals surface area contributed by atoms with Gasteiger partial charge in [0.05, 0.1) is 12.4 Å². The molecule has 2 heterocycles. The molecule has 3 N–H and O–H groups in total. The summed E-state index contributed by atoms with van der Waals surface area (Å²) in [6, 6.07) is 0. The van der Waals surface area contributed by atoms with E-state index in [2.05, 4.69) is 15.3 Å². The Morgan fingerprint density at radius 2 is 2.11 bits per heavy atom. The Labute approximate surface area is 157 Å². The monoisotopic (exact) mass is 376 g/mol. The molecule has 2 aliphatic rings. The second kappa shape index (κ2) is 9.57. The van der Waals surface area contributed by atoms with E-state index >= 15 is 0 Å². The molecule has 0 spiro atoms. The van der Waals surface area contributed by atoms with Gasteiger partial charge in [-0.1, -0.05) is 5.57 Å². The van der Waals surface area contributed by atoms with Gasteiger partial charge in [0.15, 0.2) is 5.83 Å². The minimum absolute atomic E-state index is 0.0365. The molecule has 1 aromatic heterocycles. The first-order valence-corrected chi connectivity index (χ1v) is 9.28. The quantitative estimate of drug-likeness (QED) is 0.675. The van der Waals surface area contributed by atoms with Gasteiger partial charge in [-0.2, -0.15) is 0 Å². The third kappa shape index (κ3) is 5.83. The lowest BCUT2D eigenvalue weighted by Gasteiger charge is -2.22. The van der Waals surface area contributed by atoms with Crippen LogP contribution in [0.5, 0.6) is 5.88 Å². The van der Waals surface area contributed by atoms with Crippen LogP contribution in [0.25, 0.3) is 0 Å². The molecule has 0 unspecified atom stereocenters. The number of amides is 1. The van der Waals surface area contributed by atoms with Crippen LogP contribution in [-0.2, 0) is 4.74 Å². The zero-order valence-electron chi connectivity index (χ0n) is 15.2. The van der Waals surface area contributed by atoms with Crippen LogP contribution in [0.2, 0.25) is 0 Å². The molecule has 7 nitrogen and oxygen atoms in total. The summed E-state index contributed by atoms with van der Waals surface area (Å²) in [5.41, 5.74) is 6.16. The van der Waals surface area contributed by atoms with Crippen molar-refractivity contribution in [2.45, 2.75) is 32.1 Å². The summed E-state index contributed by atoms with van der Waals surface area (Å²) in [5, 5.41) is 3.40. The molecular weight excluding hydrogens is 351 g/mol. The van der Waals surface area contributed by atoms with Crippen molar-refractivity contribution < 1.29 is 18.7 Å². The highest BCUT2D eigenvalue weighted by atomic mass is 19.1. The van der Waals surface area contributed by atoms with E-state index in [0.717, 1.165) is 56.9 Å². The maximum absolute atomic E-state index is 14.3. The van der Waals surface area contributed by atoms with Gasteiger partial charge in [0.25, 0.3) is 5.91 Å². The lowest BCUT2D eigenvalue weighted by Crippen LogP contribution is -2.24. The first-order chi connectivity index (χ1) is 13.1. The largest absolute Gasteiger partial charge is 0.439 e. The molecule has 1 aromatic rings. The number of primary amides is 1.